The van der Waals surface area contributed by atoms with Crippen LogP contribution in [-0.2, 0) is 18.2 Å². The van der Waals surface area contributed by atoms with E-state index < -0.39 is 0 Å². The van der Waals surface area contributed by atoms with Crippen molar-refractivity contribution in [1.82, 2.24) is 9.55 Å². The molecule has 102 valence electrons. The van der Waals surface area contributed by atoms with Gasteiger partial charge in [-0.25, -0.2) is 4.98 Å². The van der Waals surface area contributed by atoms with Crippen molar-refractivity contribution in [2.45, 2.75) is 57.1 Å². The molecule has 0 amide bonds. The van der Waals surface area contributed by atoms with Gasteiger partial charge in [-0.3, -0.25) is 0 Å². The molecule has 4 nitrogen and oxygen atoms in total. The zero-order valence-corrected chi connectivity index (χ0v) is 11.3. The van der Waals surface area contributed by atoms with Crippen LogP contribution in [0.4, 0.5) is 0 Å². The minimum absolute atomic E-state index is 0.271. The van der Waals surface area contributed by atoms with Crippen LogP contribution in [0.25, 0.3) is 0 Å². The fraction of sp³-hybridized carbons (Fsp3) is 0.786. The lowest BCUT2D eigenvalue weighted by Crippen LogP contribution is -2.26. The van der Waals surface area contributed by atoms with Crippen molar-refractivity contribution in [2.75, 3.05) is 6.61 Å². The Hall–Kier alpha value is -0.870. The normalized spacial score (nSPS) is 22.0. The molecule has 2 atom stereocenters. The molecule has 1 saturated heterocycles. The zero-order valence-electron chi connectivity index (χ0n) is 11.3. The third-order valence-electron chi connectivity index (χ3n) is 3.79. The minimum Gasteiger partial charge on any atom is -0.378 e. The van der Waals surface area contributed by atoms with E-state index in [0.717, 1.165) is 38.1 Å². The number of aryl methyl sites for hydroxylation is 2. The largest absolute Gasteiger partial charge is 0.378 e. The molecule has 1 aromatic rings. The van der Waals surface area contributed by atoms with E-state index in [-0.39, 0.29) is 6.04 Å². The Balaban J connectivity index is 1.62. The molecule has 2 N–H and O–H groups in total. The number of ether oxygens (including phenoxy) is 1. The van der Waals surface area contributed by atoms with Gasteiger partial charge in [-0.1, -0.05) is 0 Å². The quantitative estimate of drug-likeness (QED) is 0.841. The highest BCUT2D eigenvalue weighted by Crippen LogP contribution is 2.18. The minimum atomic E-state index is 0.271. The molecule has 0 spiro atoms. The van der Waals surface area contributed by atoms with Crippen molar-refractivity contribution in [3.05, 3.63) is 18.2 Å². The molecule has 0 radical (unpaired) electrons. The SMILES string of the molecule is Cn1ccnc1CCC(N)CCC1CCCCO1. The van der Waals surface area contributed by atoms with Crippen molar-refractivity contribution in [2.24, 2.45) is 12.8 Å². The third-order valence-corrected chi connectivity index (χ3v) is 3.79. The first-order valence-corrected chi connectivity index (χ1v) is 7.09. The zero-order chi connectivity index (χ0) is 12.8. The van der Waals surface area contributed by atoms with Gasteiger partial charge in [-0.15, -0.1) is 0 Å². The summed E-state index contributed by atoms with van der Waals surface area (Å²) >= 11 is 0. The molecule has 0 aromatic carbocycles. The second-order valence-electron chi connectivity index (χ2n) is 5.32. The van der Waals surface area contributed by atoms with Gasteiger partial charge in [0.05, 0.1) is 6.10 Å². The summed E-state index contributed by atoms with van der Waals surface area (Å²) in [7, 11) is 2.03. The molecular weight excluding hydrogens is 226 g/mol. The van der Waals surface area contributed by atoms with Crippen molar-refractivity contribution >= 4 is 0 Å². The van der Waals surface area contributed by atoms with Crippen LogP contribution in [0, 0.1) is 0 Å². The van der Waals surface area contributed by atoms with Gasteiger partial charge in [-0.05, 0) is 38.5 Å². The average molecular weight is 251 g/mol. The van der Waals surface area contributed by atoms with Gasteiger partial charge in [0.1, 0.15) is 5.82 Å². The van der Waals surface area contributed by atoms with E-state index in [2.05, 4.69) is 9.55 Å². The summed E-state index contributed by atoms with van der Waals surface area (Å²) in [4.78, 5) is 4.32. The summed E-state index contributed by atoms with van der Waals surface area (Å²) in [5.41, 5.74) is 6.16. The van der Waals surface area contributed by atoms with Gasteiger partial charge in [0.2, 0.25) is 0 Å². The van der Waals surface area contributed by atoms with Crippen LogP contribution in [0.2, 0.25) is 0 Å². The molecule has 1 aliphatic rings. The second-order valence-corrected chi connectivity index (χ2v) is 5.32. The van der Waals surface area contributed by atoms with Crippen LogP contribution >= 0.6 is 0 Å². The van der Waals surface area contributed by atoms with E-state index in [1.165, 1.54) is 19.3 Å². The van der Waals surface area contributed by atoms with Crippen molar-refractivity contribution < 1.29 is 4.74 Å². The third kappa shape index (κ3) is 4.10. The lowest BCUT2D eigenvalue weighted by molar-refractivity contribution is 0.00904. The van der Waals surface area contributed by atoms with Gasteiger partial charge < -0.3 is 15.0 Å². The van der Waals surface area contributed by atoms with E-state index in [9.17, 15) is 0 Å². The highest BCUT2D eigenvalue weighted by atomic mass is 16.5. The summed E-state index contributed by atoms with van der Waals surface area (Å²) in [5, 5.41) is 0. The molecule has 1 aromatic heterocycles. The van der Waals surface area contributed by atoms with Crippen molar-refractivity contribution in [1.29, 1.82) is 0 Å². The fourth-order valence-electron chi connectivity index (χ4n) is 2.53. The van der Waals surface area contributed by atoms with E-state index in [0.29, 0.717) is 6.10 Å². The molecule has 0 aliphatic carbocycles. The molecule has 2 heterocycles. The number of aromatic nitrogens is 2. The number of imidazole rings is 1. The highest BCUT2D eigenvalue weighted by Gasteiger charge is 2.15. The van der Waals surface area contributed by atoms with E-state index in [1.807, 2.05) is 19.4 Å². The van der Waals surface area contributed by atoms with E-state index in [1.54, 1.807) is 0 Å². The predicted molar refractivity (Wildman–Crippen MR) is 72.3 cm³/mol. The molecule has 2 rings (SSSR count). The number of nitrogens with zero attached hydrogens (tertiary/aromatic N) is 2. The first-order valence-electron chi connectivity index (χ1n) is 7.09. The van der Waals surface area contributed by atoms with Gasteiger partial charge >= 0.3 is 0 Å². The van der Waals surface area contributed by atoms with Crippen LogP contribution in [-0.4, -0.2) is 28.3 Å². The van der Waals surface area contributed by atoms with E-state index in [4.69, 9.17) is 10.5 Å². The monoisotopic (exact) mass is 251 g/mol. The predicted octanol–water partition coefficient (Wildman–Crippen LogP) is 2.03. The number of rotatable bonds is 6. The molecule has 0 bridgehead atoms. The molecular formula is C14H25N3O. The van der Waals surface area contributed by atoms with Crippen LogP contribution in [0.1, 0.15) is 44.3 Å². The molecule has 4 heteroatoms. The van der Waals surface area contributed by atoms with Gasteiger partial charge in [-0.2, -0.15) is 0 Å². The smallest absolute Gasteiger partial charge is 0.108 e. The standard InChI is InChI=1S/C14H25N3O/c1-17-10-9-16-14(17)8-6-12(15)5-7-13-4-2-3-11-18-13/h9-10,12-13H,2-8,11,15H2,1H3. The maximum Gasteiger partial charge on any atom is 0.108 e. The summed E-state index contributed by atoms with van der Waals surface area (Å²) in [5.74, 6) is 1.12. The van der Waals surface area contributed by atoms with Crippen LogP contribution in [0.15, 0.2) is 12.4 Å². The number of hydrogen-bond acceptors (Lipinski definition) is 3. The Labute approximate surface area is 110 Å². The van der Waals surface area contributed by atoms with Crippen molar-refractivity contribution in [3.8, 4) is 0 Å². The molecule has 0 saturated carbocycles. The number of nitrogens with two attached hydrogens (primary N) is 1. The Morgan fingerprint density at radius 2 is 2.39 bits per heavy atom. The summed E-state index contributed by atoms with van der Waals surface area (Å²) in [6.45, 7) is 0.938. The Bertz CT molecular complexity index is 345. The van der Waals surface area contributed by atoms with Crippen LogP contribution in [0.5, 0.6) is 0 Å². The van der Waals surface area contributed by atoms with Gasteiger partial charge in [0, 0.05) is 38.5 Å². The number of hydrogen-bond donors (Lipinski definition) is 1. The van der Waals surface area contributed by atoms with Crippen LogP contribution < -0.4 is 5.73 Å². The first-order chi connectivity index (χ1) is 8.75. The Morgan fingerprint density at radius 1 is 1.50 bits per heavy atom. The summed E-state index contributed by atoms with van der Waals surface area (Å²) in [6.07, 6.45) is 12.2. The summed E-state index contributed by atoms with van der Waals surface area (Å²) in [6, 6.07) is 0.271. The Morgan fingerprint density at radius 3 is 3.06 bits per heavy atom. The van der Waals surface area contributed by atoms with Crippen molar-refractivity contribution in [3.63, 3.8) is 0 Å². The fourth-order valence-corrected chi connectivity index (χ4v) is 2.53. The van der Waals surface area contributed by atoms with Crippen LogP contribution in [0.3, 0.4) is 0 Å². The molecule has 2 unspecified atom stereocenters. The maximum atomic E-state index is 6.16. The topological polar surface area (TPSA) is 53.1 Å². The first kappa shape index (κ1) is 13.6. The van der Waals surface area contributed by atoms with Gasteiger partial charge in [0.15, 0.2) is 0 Å². The molecule has 18 heavy (non-hydrogen) atoms. The highest BCUT2D eigenvalue weighted by molar-refractivity contribution is 4.91. The lowest BCUT2D eigenvalue weighted by Gasteiger charge is -2.23. The molecule has 1 fully saturated rings. The Kier molecular flexibility index (Phi) is 5.20. The van der Waals surface area contributed by atoms with Gasteiger partial charge in [0.25, 0.3) is 0 Å². The average Bonchev–Trinajstić information content (AvgIpc) is 2.81. The molecule has 1 aliphatic heterocycles. The lowest BCUT2D eigenvalue weighted by atomic mass is 10.00. The summed E-state index contributed by atoms with van der Waals surface area (Å²) < 4.78 is 7.79. The van der Waals surface area contributed by atoms with E-state index >= 15 is 0 Å². The second kappa shape index (κ2) is 6.90. The maximum absolute atomic E-state index is 6.16.